The van der Waals surface area contributed by atoms with Gasteiger partial charge in [-0.05, 0) is 24.3 Å². The molecule has 0 fully saturated rings. The lowest BCUT2D eigenvalue weighted by atomic mass is 10.1. The third kappa shape index (κ3) is 3.20. The van der Waals surface area contributed by atoms with Gasteiger partial charge in [0, 0.05) is 0 Å². The van der Waals surface area contributed by atoms with E-state index in [0.29, 0.717) is 11.4 Å². The molecule has 0 aliphatic heterocycles. The van der Waals surface area contributed by atoms with Crippen LogP contribution in [0.3, 0.4) is 0 Å². The van der Waals surface area contributed by atoms with Crippen molar-refractivity contribution in [1.29, 1.82) is 0 Å². The quantitative estimate of drug-likeness (QED) is 0.653. The molecule has 2 aromatic carbocycles. The van der Waals surface area contributed by atoms with Gasteiger partial charge in [0.25, 0.3) is 0 Å². The van der Waals surface area contributed by atoms with Gasteiger partial charge in [0.05, 0.1) is 39.8 Å². The number of benzene rings is 2. The number of ether oxygens (including phenoxy) is 1. The molecule has 0 aliphatic rings. The highest BCUT2D eigenvalue weighted by Gasteiger charge is 2.15. The van der Waals surface area contributed by atoms with E-state index in [1.807, 2.05) is 0 Å². The van der Waals surface area contributed by atoms with Crippen LogP contribution in [-0.4, -0.2) is 13.1 Å². The number of nitrogens with one attached hydrogen (secondary N) is 1. The molecule has 0 atom stereocenters. The predicted molar refractivity (Wildman–Crippen MR) is 81.9 cm³/mol. The van der Waals surface area contributed by atoms with Crippen molar-refractivity contribution in [1.82, 2.24) is 0 Å². The summed E-state index contributed by atoms with van der Waals surface area (Å²) in [7, 11) is 1.26. The van der Waals surface area contributed by atoms with Crippen molar-refractivity contribution < 1.29 is 13.9 Å². The van der Waals surface area contributed by atoms with Gasteiger partial charge in [-0.1, -0.05) is 29.3 Å². The summed E-state index contributed by atoms with van der Waals surface area (Å²) in [6, 6.07) is 7.03. The first-order chi connectivity index (χ1) is 9.93. The van der Waals surface area contributed by atoms with Gasteiger partial charge in [-0.25, -0.2) is 9.18 Å². The molecule has 0 radical (unpaired) electrons. The number of esters is 1. The molecule has 110 valence electrons. The lowest BCUT2D eigenvalue weighted by molar-refractivity contribution is 0.0602. The number of rotatable bonds is 3. The molecule has 0 aliphatic carbocycles. The summed E-state index contributed by atoms with van der Waals surface area (Å²) >= 11 is 11.9. The Balaban J connectivity index is 2.44. The third-order valence-corrected chi connectivity index (χ3v) is 3.37. The smallest absolute Gasteiger partial charge is 0.340 e. The molecule has 7 heteroatoms. The Hall–Kier alpha value is -1.98. The summed E-state index contributed by atoms with van der Waals surface area (Å²) in [5.41, 5.74) is 7.01. The fourth-order valence-electron chi connectivity index (χ4n) is 1.76. The second-order valence-electron chi connectivity index (χ2n) is 4.13. The average Bonchev–Trinajstić information content (AvgIpc) is 2.43. The minimum absolute atomic E-state index is 0.0999. The average molecular weight is 329 g/mol. The van der Waals surface area contributed by atoms with E-state index in [-0.39, 0.29) is 21.3 Å². The number of methoxy groups -OCH3 is 1. The maximum Gasteiger partial charge on any atom is 0.340 e. The molecule has 0 bridgehead atoms. The van der Waals surface area contributed by atoms with Crippen LogP contribution < -0.4 is 11.1 Å². The molecule has 0 saturated carbocycles. The van der Waals surface area contributed by atoms with Gasteiger partial charge < -0.3 is 15.8 Å². The molecule has 0 amide bonds. The Bertz CT molecular complexity index is 684. The van der Waals surface area contributed by atoms with E-state index in [2.05, 4.69) is 10.1 Å². The number of carbonyl (C=O) groups is 1. The van der Waals surface area contributed by atoms with Crippen molar-refractivity contribution >= 4 is 46.2 Å². The van der Waals surface area contributed by atoms with Crippen molar-refractivity contribution in [3.05, 3.63) is 51.8 Å². The van der Waals surface area contributed by atoms with Gasteiger partial charge in [0.1, 0.15) is 5.82 Å². The van der Waals surface area contributed by atoms with E-state index < -0.39 is 11.8 Å². The second-order valence-corrected chi connectivity index (χ2v) is 4.94. The summed E-state index contributed by atoms with van der Waals surface area (Å²) < 4.78 is 17.8. The molecule has 0 heterocycles. The summed E-state index contributed by atoms with van der Waals surface area (Å²) in [6.45, 7) is 0. The van der Waals surface area contributed by atoms with Gasteiger partial charge in [-0.3, -0.25) is 0 Å². The van der Waals surface area contributed by atoms with Gasteiger partial charge in [-0.15, -0.1) is 0 Å². The lowest BCUT2D eigenvalue weighted by Gasteiger charge is -2.14. The Morgan fingerprint density at radius 1 is 1.29 bits per heavy atom. The zero-order valence-electron chi connectivity index (χ0n) is 10.9. The standard InChI is InChI=1S/C14H11Cl2FN2O2/c1-21-14(20)8-3-2-4-11(12(8)18)19-13-9(15)5-7(17)6-10(13)16/h2-6,19H,18H2,1H3. The van der Waals surface area contributed by atoms with Crippen LogP contribution >= 0.6 is 23.2 Å². The van der Waals surface area contributed by atoms with Crippen LogP contribution in [0.2, 0.25) is 10.0 Å². The fraction of sp³-hybridized carbons (Fsp3) is 0.0714. The molecule has 2 rings (SSSR count). The van der Waals surface area contributed by atoms with Crippen molar-refractivity contribution in [3.63, 3.8) is 0 Å². The molecule has 0 unspecified atom stereocenters. The second kappa shape index (κ2) is 6.20. The van der Waals surface area contributed by atoms with Crippen molar-refractivity contribution in [2.45, 2.75) is 0 Å². The summed E-state index contributed by atoms with van der Waals surface area (Å²) in [6.07, 6.45) is 0. The van der Waals surface area contributed by atoms with Crippen LogP contribution in [0.25, 0.3) is 0 Å². The third-order valence-electron chi connectivity index (χ3n) is 2.78. The van der Waals surface area contributed by atoms with E-state index in [9.17, 15) is 9.18 Å². The number of para-hydroxylation sites is 1. The Kier molecular flexibility index (Phi) is 4.55. The first kappa shape index (κ1) is 15.4. The Morgan fingerprint density at radius 2 is 1.90 bits per heavy atom. The lowest BCUT2D eigenvalue weighted by Crippen LogP contribution is -2.08. The van der Waals surface area contributed by atoms with Gasteiger partial charge in [0.2, 0.25) is 0 Å². The van der Waals surface area contributed by atoms with Crippen molar-refractivity contribution in [2.24, 2.45) is 0 Å². The van der Waals surface area contributed by atoms with Crippen LogP contribution in [-0.2, 0) is 4.74 Å². The minimum atomic E-state index is -0.563. The number of anilines is 3. The maximum absolute atomic E-state index is 13.2. The van der Waals surface area contributed by atoms with Gasteiger partial charge in [-0.2, -0.15) is 0 Å². The number of hydrogen-bond donors (Lipinski definition) is 2. The molecule has 0 saturated heterocycles. The normalized spacial score (nSPS) is 10.3. The predicted octanol–water partition coefficient (Wildman–Crippen LogP) is 4.24. The van der Waals surface area contributed by atoms with E-state index in [0.717, 1.165) is 12.1 Å². The number of nitrogen functional groups attached to an aromatic ring is 1. The molecule has 21 heavy (non-hydrogen) atoms. The maximum atomic E-state index is 13.2. The highest BCUT2D eigenvalue weighted by molar-refractivity contribution is 6.39. The fourth-order valence-corrected chi connectivity index (χ4v) is 2.31. The van der Waals surface area contributed by atoms with Crippen molar-refractivity contribution in [3.8, 4) is 0 Å². The first-order valence-electron chi connectivity index (χ1n) is 5.82. The topological polar surface area (TPSA) is 64.3 Å². The Labute approximate surface area is 130 Å². The Morgan fingerprint density at radius 3 is 2.48 bits per heavy atom. The molecule has 0 aromatic heterocycles. The summed E-state index contributed by atoms with van der Waals surface area (Å²) in [4.78, 5) is 11.6. The molecule has 4 nitrogen and oxygen atoms in total. The van der Waals surface area contributed by atoms with E-state index in [4.69, 9.17) is 28.9 Å². The van der Waals surface area contributed by atoms with Crippen LogP contribution in [0.15, 0.2) is 30.3 Å². The van der Waals surface area contributed by atoms with Crippen LogP contribution in [0.5, 0.6) is 0 Å². The van der Waals surface area contributed by atoms with Crippen LogP contribution in [0, 0.1) is 5.82 Å². The summed E-state index contributed by atoms with van der Waals surface area (Å²) in [5, 5.41) is 3.09. The van der Waals surface area contributed by atoms with Crippen molar-refractivity contribution in [2.75, 3.05) is 18.2 Å². The van der Waals surface area contributed by atoms with E-state index in [1.165, 1.54) is 13.2 Å². The number of hydrogen-bond acceptors (Lipinski definition) is 4. The molecular formula is C14H11Cl2FN2O2. The van der Waals surface area contributed by atoms with Gasteiger partial charge >= 0.3 is 5.97 Å². The first-order valence-corrected chi connectivity index (χ1v) is 6.58. The summed E-state index contributed by atoms with van der Waals surface area (Å²) in [5.74, 6) is -1.11. The molecule has 2 aromatic rings. The number of halogens is 3. The highest BCUT2D eigenvalue weighted by atomic mass is 35.5. The van der Waals surface area contributed by atoms with Crippen LogP contribution in [0.4, 0.5) is 21.5 Å². The minimum Gasteiger partial charge on any atom is -0.465 e. The van der Waals surface area contributed by atoms with Crippen LogP contribution in [0.1, 0.15) is 10.4 Å². The number of nitrogens with two attached hydrogens (primary N) is 1. The largest absolute Gasteiger partial charge is 0.465 e. The SMILES string of the molecule is COC(=O)c1cccc(Nc2c(Cl)cc(F)cc2Cl)c1N. The molecule has 0 spiro atoms. The van der Waals surface area contributed by atoms with E-state index in [1.54, 1.807) is 12.1 Å². The zero-order valence-corrected chi connectivity index (χ0v) is 12.4. The van der Waals surface area contributed by atoms with Gasteiger partial charge in [0.15, 0.2) is 0 Å². The number of carbonyl (C=O) groups excluding carboxylic acids is 1. The monoisotopic (exact) mass is 328 g/mol. The highest BCUT2D eigenvalue weighted by Crippen LogP contribution is 2.36. The zero-order chi connectivity index (χ0) is 15.6. The van der Waals surface area contributed by atoms with E-state index >= 15 is 0 Å². The molecule has 3 N–H and O–H groups in total. The molecular weight excluding hydrogens is 318 g/mol.